The molecule has 0 bridgehead atoms. The van der Waals surface area contributed by atoms with E-state index >= 15 is 0 Å². The van der Waals surface area contributed by atoms with Crippen molar-refractivity contribution in [2.75, 3.05) is 5.33 Å². The molecule has 0 spiro atoms. The van der Waals surface area contributed by atoms with Crippen molar-refractivity contribution in [1.82, 2.24) is 5.32 Å². The molecule has 1 aliphatic rings. The van der Waals surface area contributed by atoms with Crippen LogP contribution in [0.2, 0.25) is 0 Å². The molecular formula is C12H22BrNO. The van der Waals surface area contributed by atoms with Crippen LogP contribution in [0.4, 0.5) is 0 Å². The number of nitrogens with one attached hydrogen (secondary N) is 1. The van der Waals surface area contributed by atoms with Crippen LogP contribution < -0.4 is 5.32 Å². The third kappa shape index (κ3) is 5.01. The van der Waals surface area contributed by atoms with Gasteiger partial charge >= 0.3 is 0 Å². The average Bonchev–Trinajstić information content (AvgIpc) is 2.45. The maximum absolute atomic E-state index is 11.9. The first-order chi connectivity index (χ1) is 7.24. The zero-order valence-electron chi connectivity index (χ0n) is 9.60. The first-order valence-corrected chi connectivity index (χ1v) is 7.22. The number of carbonyl (C=O) groups is 1. The SMILES string of the molecule is CC(CCBr)NC(=O)C1CCCCCC1. The minimum atomic E-state index is 0.283. The van der Waals surface area contributed by atoms with Crippen LogP contribution in [0.25, 0.3) is 0 Å². The summed E-state index contributed by atoms with van der Waals surface area (Å²) in [6, 6.07) is 0.306. The number of hydrogen-bond donors (Lipinski definition) is 1. The summed E-state index contributed by atoms with van der Waals surface area (Å²) in [6.07, 6.45) is 8.26. The smallest absolute Gasteiger partial charge is 0.223 e. The van der Waals surface area contributed by atoms with Crippen LogP contribution >= 0.6 is 15.9 Å². The van der Waals surface area contributed by atoms with Gasteiger partial charge in [0, 0.05) is 17.3 Å². The Labute approximate surface area is 101 Å². The molecule has 1 amide bonds. The summed E-state index contributed by atoms with van der Waals surface area (Å²) in [5.41, 5.74) is 0. The van der Waals surface area contributed by atoms with Gasteiger partial charge in [-0.1, -0.05) is 41.6 Å². The van der Waals surface area contributed by atoms with Gasteiger partial charge in [0.25, 0.3) is 0 Å². The predicted octanol–water partition coefficient (Wildman–Crippen LogP) is 3.25. The topological polar surface area (TPSA) is 29.1 Å². The first-order valence-electron chi connectivity index (χ1n) is 6.10. The molecular weight excluding hydrogens is 254 g/mol. The largest absolute Gasteiger partial charge is 0.353 e. The molecule has 2 nitrogen and oxygen atoms in total. The van der Waals surface area contributed by atoms with Gasteiger partial charge in [0.15, 0.2) is 0 Å². The molecule has 1 unspecified atom stereocenters. The van der Waals surface area contributed by atoms with E-state index < -0.39 is 0 Å². The lowest BCUT2D eigenvalue weighted by molar-refractivity contribution is -0.126. The van der Waals surface area contributed by atoms with E-state index in [9.17, 15) is 4.79 Å². The van der Waals surface area contributed by atoms with E-state index in [0.717, 1.165) is 24.6 Å². The van der Waals surface area contributed by atoms with Crippen LogP contribution in [0.15, 0.2) is 0 Å². The fourth-order valence-corrected chi connectivity index (χ4v) is 2.82. The molecule has 1 rings (SSSR count). The Balaban J connectivity index is 2.30. The maximum atomic E-state index is 11.9. The summed E-state index contributed by atoms with van der Waals surface area (Å²) in [4.78, 5) is 11.9. The summed E-state index contributed by atoms with van der Waals surface area (Å²) in [5.74, 6) is 0.565. The minimum absolute atomic E-state index is 0.283. The predicted molar refractivity (Wildman–Crippen MR) is 67.2 cm³/mol. The van der Waals surface area contributed by atoms with E-state index in [4.69, 9.17) is 0 Å². The Kier molecular flexibility index (Phi) is 6.30. The van der Waals surface area contributed by atoms with Crippen LogP contribution in [-0.2, 0) is 4.79 Å². The third-order valence-corrected chi connectivity index (χ3v) is 3.61. The number of alkyl halides is 1. The number of carbonyl (C=O) groups excluding carboxylic acids is 1. The first kappa shape index (κ1) is 13.0. The van der Waals surface area contributed by atoms with Crippen LogP contribution in [0, 0.1) is 5.92 Å². The lowest BCUT2D eigenvalue weighted by Crippen LogP contribution is -2.37. The molecule has 0 aliphatic heterocycles. The zero-order valence-corrected chi connectivity index (χ0v) is 11.2. The quantitative estimate of drug-likeness (QED) is 0.620. The van der Waals surface area contributed by atoms with Crippen molar-refractivity contribution in [3.05, 3.63) is 0 Å². The molecule has 88 valence electrons. The molecule has 0 heterocycles. The highest BCUT2D eigenvalue weighted by molar-refractivity contribution is 9.09. The summed E-state index contributed by atoms with van der Waals surface area (Å²) < 4.78 is 0. The van der Waals surface area contributed by atoms with Crippen molar-refractivity contribution >= 4 is 21.8 Å². The zero-order chi connectivity index (χ0) is 11.1. The summed E-state index contributed by atoms with van der Waals surface area (Å²) in [5, 5.41) is 4.07. The molecule has 0 aromatic rings. The molecule has 0 saturated heterocycles. The molecule has 3 heteroatoms. The van der Waals surface area contributed by atoms with Gasteiger partial charge in [0.05, 0.1) is 0 Å². The van der Waals surface area contributed by atoms with Crippen molar-refractivity contribution in [1.29, 1.82) is 0 Å². The normalized spacial score (nSPS) is 20.7. The minimum Gasteiger partial charge on any atom is -0.353 e. The molecule has 1 aliphatic carbocycles. The Morgan fingerprint density at radius 2 is 1.93 bits per heavy atom. The van der Waals surface area contributed by atoms with E-state index in [1.54, 1.807) is 0 Å². The Bertz CT molecular complexity index is 188. The monoisotopic (exact) mass is 275 g/mol. The van der Waals surface area contributed by atoms with E-state index in [2.05, 4.69) is 28.2 Å². The van der Waals surface area contributed by atoms with Gasteiger partial charge in [-0.25, -0.2) is 0 Å². The second kappa shape index (κ2) is 7.26. The Morgan fingerprint density at radius 3 is 2.47 bits per heavy atom. The van der Waals surface area contributed by atoms with Gasteiger partial charge in [0.2, 0.25) is 5.91 Å². The number of halogens is 1. The summed E-state index contributed by atoms with van der Waals surface area (Å²) in [7, 11) is 0. The Hall–Kier alpha value is -0.0500. The van der Waals surface area contributed by atoms with Crippen LogP contribution in [0.5, 0.6) is 0 Å². The lowest BCUT2D eigenvalue weighted by atomic mass is 9.99. The number of hydrogen-bond acceptors (Lipinski definition) is 1. The average molecular weight is 276 g/mol. The van der Waals surface area contributed by atoms with Crippen molar-refractivity contribution < 1.29 is 4.79 Å². The van der Waals surface area contributed by atoms with E-state index in [0.29, 0.717) is 6.04 Å². The highest BCUT2D eigenvalue weighted by Crippen LogP contribution is 2.23. The molecule has 0 radical (unpaired) electrons. The standard InChI is InChI=1S/C12H22BrNO/c1-10(8-9-13)14-12(15)11-6-4-2-3-5-7-11/h10-11H,2-9H2,1H3,(H,14,15). The highest BCUT2D eigenvalue weighted by atomic mass is 79.9. The van der Waals surface area contributed by atoms with Crippen LogP contribution in [0.1, 0.15) is 51.9 Å². The molecule has 15 heavy (non-hydrogen) atoms. The van der Waals surface area contributed by atoms with Gasteiger partial charge in [-0.15, -0.1) is 0 Å². The molecule has 0 aromatic heterocycles. The number of rotatable bonds is 4. The lowest BCUT2D eigenvalue weighted by Gasteiger charge is -2.18. The fraction of sp³-hybridized carbons (Fsp3) is 0.917. The molecule has 1 N–H and O–H groups in total. The maximum Gasteiger partial charge on any atom is 0.223 e. The van der Waals surface area contributed by atoms with Crippen LogP contribution in [0.3, 0.4) is 0 Å². The molecule has 1 atom stereocenters. The molecule has 1 saturated carbocycles. The van der Waals surface area contributed by atoms with Gasteiger partial charge in [-0.3, -0.25) is 4.79 Å². The highest BCUT2D eigenvalue weighted by Gasteiger charge is 2.20. The van der Waals surface area contributed by atoms with E-state index in [-0.39, 0.29) is 11.8 Å². The third-order valence-electron chi connectivity index (χ3n) is 3.16. The second-order valence-corrected chi connectivity index (χ2v) is 5.37. The van der Waals surface area contributed by atoms with Crippen molar-refractivity contribution in [3.8, 4) is 0 Å². The van der Waals surface area contributed by atoms with Gasteiger partial charge in [0.1, 0.15) is 0 Å². The number of amides is 1. The second-order valence-electron chi connectivity index (χ2n) is 4.58. The van der Waals surface area contributed by atoms with Gasteiger partial charge in [-0.2, -0.15) is 0 Å². The summed E-state index contributed by atoms with van der Waals surface area (Å²) >= 11 is 3.40. The fourth-order valence-electron chi connectivity index (χ4n) is 2.14. The molecule has 0 aromatic carbocycles. The van der Waals surface area contributed by atoms with Crippen molar-refractivity contribution in [3.63, 3.8) is 0 Å². The summed E-state index contributed by atoms with van der Waals surface area (Å²) in [6.45, 7) is 2.08. The van der Waals surface area contributed by atoms with Gasteiger partial charge < -0.3 is 5.32 Å². The van der Waals surface area contributed by atoms with Gasteiger partial charge in [-0.05, 0) is 26.2 Å². The molecule has 1 fully saturated rings. The van der Waals surface area contributed by atoms with E-state index in [1.165, 1.54) is 25.7 Å². The van der Waals surface area contributed by atoms with Crippen LogP contribution in [-0.4, -0.2) is 17.3 Å². The van der Waals surface area contributed by atoms with E-state index in [1.807, 2.05) is 0 Å². The Morgan fingerprint density at radius 1 is 1.33 bits per heavy atom. The van der Waals surface area contributed by atoms with Crippen molar-refractivity contribution in [2.45, 2.75) is 57.9 Å². The van der Waals surface area contributed by atoms with Crippen molar-refractivity contribution in [2.24, 2.45) is 5.92 Å².